The number of nitro groups is 1. The van der Waals surface area contributed by atoms with Crippen molar-refractivity contribution in [1.82, 2.24) is 10.2 Å². The minimum atomic E-state index is -4.60. The van der Waals surface area contributed by atoms with Crippen LogP contribution in [0.1, 0.15) is 36.5 Å². The third-order valence-electron chi connectivity index (χ3n) is 8.10. The van der Waals surface area contributed by atoms with Crippen molar-refractivity contribution < 1.29 is 27.7 Å². The van der Waals surface area contributed by atoms with Gasteiger partial charge in [-0.25, -0.2) is 8.42 Å². The summed E-state index contributed by atoms with van der Waals surface area (Å²) < 4.78 is 34.8. The van der Waals surface area contributed by atoms with Crippen LogP contribution < -0.4 is 14.4 Å². The molecular weight excluding hydrogens is 703 g/mol. The number of amides is 2. The molecule has 50 heavy (non-hydrogen) atoms. The predicted molar refractivity (Wildman–Crippen MR) is 194 cm³/mol. The number of hydrogen-bond donors (Lipinski definition) is 1. The van der Waals surface area contributed by atoms with Crippen LogP contribution in [0.5, 0.6) is 5.75 Å². The first-order chi connectivity index (χ1) is 23.9. The molecule has 0 aliphatic heterocycles. The Morgan fingerprint density at radius 2 is 1.62 bits per heavy atom. The van der Waals surface area contributed by atoms with Crippen LogP contribution in [0.4, 0.5) is 11.4 Å². The fourth-order valence-corrected chi connectivity index (χ4v) is 7.22. The number of sulfonamides is 1. The van der Waals surface area contributed by atoms with E-state index in [1.807, 2.05) is 37.3 Å². The van der Waals surface area contributed by atoms with Crippen molar-refractivity contribution in [2.24, 2.45) is 0 Å². The Balaban J connectivity index is 1.86. The zero-order valence-corrected chi connectivity index (χ0v) is 30.2. The summed E-state index contributed by atoms with van der Waals surface area (Å²) in [5, 5.41) is 15.2. The van der Waals surface area contributed by atoms with E-state index in [4.69, 9.17) is 27.9 Å². The third-order valence-corrected chi connectivity index (χ3v) is 10.6. The van der Waals surface area contributed by atoms with Crippen LogP contribution in [0.2, 0.25) is 10.0 Å². The molecule has 0 saturated carbocycles. The minimum absolute atomic E-state index is 0.0881. The smallest absolute Gasteiger partial charge is 0.273 e. The molecule has 14 heteroatoms. The molecule has 0 aliphatic carbocycles. The Morgan fingerprint density at radius 3 is 2.22 bits per heavy atom. The number of hydrogen-bond acceptors (Lipinski definition) is 7. The number of carbonyl (C=O) groups is 2. The fraction of sp³-hybridized carbons (Fsp3) is 0.278. The van der Waals surface area contributed by atoms with Gasteiger partial charge in [-0.05, 0) is 61.4 Å². The van der Waals surface area contributed by atoms with Crippen molar-refractivity contribution in [1.29, 1.82) is 0 Å². The first-order valence-electron chi connectivity index (χ1n) is 15.8. The first-order valence-corrected chi connectivity index (χ1v) is 18.0. The van der Waals surface area contributed by atoms with Crippen molar-refractivity contribution in [3.63, 3.8) is 0 Å². The van der Waals surface area contributed by atoms with Gasteiger partial charge < -0.3 is 15.0 Å². The van der Waals surface area contributed by atoms with E-state index in [1.165, 1.54) is 55.3 Å². The van der Waals surface area contributed by atoms with Crippen molar-refractivity contribution in [3.8, 4) is 5.75 Å². The Morgan fingerprint density at radius 1 is 0.960 bits per heavy atom. The average Bonchev–Trinajstić information content (AvgIpc) is 3.10. The quantitative estimate of drug-likeness (QED) is 0.0744. The largest absolute Gasteiger partial charge is 0.497 e. The Hall–Kier alpha value is -4.65. The van der Waals surface area contributed by atoms with Gasteiger partial charge in [-0.3, -0.25) is 24.0 Å². The Kier molecular flexibility index (Phi) is 13.2. The lowest BCUT2D eigenvalue weighted by Crippen LogP contribution is -2.53. The molecule has 2 amide bonds. The number of rotatable bonds is 16. The molecule has 4 aromatic carbocycles. The number of ether oxygens (including phenoxy) is 1. The van der Waals surface area contributed by atoms with E-state index in [2.05, 4.69) is 5.32 Å². The average molecular weight is 742 g/mol. The molecule has 4 rings (SSSR count). The SMILES string of the molecule is CCCCNC(=O)[C@H](Cc1ccccc1)N(Cc1c(Cl)cccc1Cl)C(=O)CN(c1ccc(OC)cc1)S(=O)(=O)c1ccc(C)c([N+](=O)[O-])c1. The second kappa shape index (κ2) is 17.3. The zero-order valence-electron chi connectivity index (χ0n) is 27.8. The maximum atomic E-state index is 14.7. The van der Waals surface area contributed by atoms with Crippen LogP contribution >= 0.6 is 23.2 Å². The van der Waals surface area contributed by atoms with Gasteiger partial charge >= 0.3 is 0 Å². The molecule has 4 aromatic rings. The normalized spacial score (nSPS) is 11.8. The molecule has 1 N–H and O–H groups in total. The second-order valence-electron chi connectivity index (χ2n) is 11.5. The van der Waals surface area contributed by atoms with Crippen molar-refractivity contribution in [2.75, 3.05) is 24.5 Å². The van der Waals surface area contributed by atoms with Crippen LogP contribution in [-0.4, -0.2) is 56.3 Å². The number of methoxy groups -OCH3 is 1. The number of nitro benzene ring substituents is 1. The van der Waals surface area contributed by atoms with Crippen LogP contribution in [0, 0.1) is 17.0 Å². The number of aryl methyl sites for hydroxylation is 1. The van der Waals surface area contributed by atoms with Crippen LogP contribution in [0.15, 0.2) is 95.9 Å². The van der Waals surface area contributed by atoms with Gasteiger partial charge in [-0.2, -0.15) is 0 Å². The lowest BCUT2D eigenvalue weighted by molar-refractivity contribution is -0.385. The van der Waals surface area contributed by atoms with Crippen LogP contribution in [0.3, 0.4) is 0 Å². The van der Waals surface area contributed by atoms with E-state index < -0.39 is 49.9 Å². The molecule has 0 fully saturated rings. The number of halogens is 2. The summed E-state index contributed by atoms with van der Waals surface area (Å²) in [5.74, 6) is -0.745. The summed E-state index contributed by atoms with van der Waals surface area (Å²) in [4.78, 5) is 40.6. The van der Waals surface area contributed by atoms with Crippen molar-refractivity contribution in [2.45, 2.75) is 50.6 Å². The van der Waals surface area contributed by atoms with Gasteiger partial charge in [-0.1, -0.05) is 79.0 Å². The highest BCUT2D eigenvalue weighted by Crippen LogP contribution is 2.31. The van der Waals surface area contributed by atoms with Crippen LogP contribution in [0.25, 0.3) is 0 Å². The highest BCUT2D eigenvalue weighted by Gasteiger charge is 2.36. The number of nitrogens with one attached hydrogen (secondary N) is 1. The van der Waals surface area contributed by atoms with Gasteiger partial charge in [0.1, 0.15) is 18.3 Å². The summed E-state index contributed by atoms with van der Waals surface area (Å²) in [5.41, 5.74) is 1.09. The molecule has 264 valence electrons. The number of benzene rings is 4. The van der Waals surface area contributed by atoms with Gasteiger partial charge in [0, 0.05) is 46.7 Å². The molecule has 0 unspecified atom stereocenters. The molecule has 0 bridgehead atoms. The molecule has 0 heterocycles. The van der Waals surface area contributed by atoms with Gasteiger partial charge in [0.15, 0.2) is 0 Å². The van der Waals surface area contributed by atoms with E-state index in [9.17, 15) is 28.1 Å². The van der Waals surface area contributed by atoms with Gasteiger partial charge in [-0.15, -0.1) is 0 Å². The maximum absolute atomic E-state index is 14.7. The van der Waals surface area contributed by atoms with Gasteiger partial charge in [0.05, 0.1) is 22.6 Å². The van der Waals surface area contributed by atoms with Crippen molar-refractivity contribution >= 4 is 56.4 Å². The predicted octanol–water partition coefficient (Wildman–Crippen LogP) is 6.97. The lowest BCUT2D eigenvalue weighted by Gasteiger charge is -2.34. The zero-order chi connectivity index (χ0) is 36.4. The highest BCUT2D eigenvalue weighted by atomic mass is 35.5. The second-order valence-corrected chi connectivity index (χ2v) is 14.2. The molecule has 11 nitrogen and oxygen atoms in total. The summed E-state index contributed by atoms with van der Waals surface area (Å²) >= 11 is 13.1. The van der Waals surface area contributed by atoms with Gasteiger partial charge in [0.25, 0.3) is 15.7 Å². The fourth-order valence-electron chi connectivity index (χ4n) is 5.26. The summed E-state index contributed by atoms with van der Waals surface area (Å²) in [7, 11) is -3.15. The molecule has 0 aliphatic rings. The summed E-state index contributed by atoms with van der Waals surface area (Å²) in [6, 6.07) is 22.4. The summed E-state index contributed by atoms with van der Waals surface area (Å²) in [6.07, 6.45) is 1.64. The third kappa shape index (κ3) is 9.32. The molecule has 1 atom stereocenters. The number of anilines is 1. The Labute approximate surface area is 302 Å². The number of unbranched alkanes of at least 4 members (excludes halogenated alkanes) is 1. The molecule has 0 spiro atoms. The number of carbonyl (C=O) groups excluding carboxylic acids is 2. The topological polar surface area (TPSA) is 139 Å². The highest BCUT2D eigenvalue weighted by molar-refractivity contribution is 7.92. The van der Waals surface area contributed by atoms with Gasteiger partial charge in [0.2, 0.25) is 11.8 Å². The molecule has 0 radical (unpaired) electrons. The Bertz CT molecular complexity index is 1910. The van der Waals surface area contributed by atoms with E-state index >= 15 is 0 Å². The van der Waals surface area contributed by atoms with E-state index in [1.54, 1.807) is 18.2 Å². The number of nitrogens with zero attached hydrogens (tertiary/aromatic N) is 3. The molecule has 0 aromatic heterocycles. The standard InChI is InChI=1S/C36H38Cl2N4O7S/c1-4-5-20-39-36(44)34(21-26-10-7-6-8-11-26)40(23-30-31(37)12-9-13-32(30)38)35(43)24-41(27-15-17-28(49-3)18-16-27)50(47,48)29-19-14-25(2)33(22-29)42(45)46/h6-19,22,34H,4-5,20-21,23-24H2,1-3H3,(H,39,44)/t34-/m0/s1. The monoisotopic (exact) mass is 740 g/mol. The van der Waals surface area contributed by atoms with Crippen LogP contribution in [-0.2, 0) is 32.6 Å². The molecule has 0 saturated heterocycles. The van der Waals surface area contributed by atoms with E-state index in [0.717, 1.165) is 22.4 Å². The first kappa shape index (κ1) is 38.2. The maximum Gasteiger partial charge on any atom is 0.273 e. The molecular formula is C36H38Cl2N4O7S. The summed E-state index contributed by atoms with van der Waals surface area (Å²) in [6.45, 7) is 2.86. The van der Waals surface area contributed by atoms with Crippen molar-refractivity contribution in [3.05, 3.63) is 128 Å². The van der Waals surface area contributed by atoms with E-state index in [-0.39, 0.29) is 34.3 Å². The minimum Gasteiger partial charge on any atom is -0.497 e. The lowest BCUT2D eigenvalue weighted by atomic mass is 10.0. The van der Waals surface area contributed by atoms with E-state index in [0.29, 0.717) is 24.3 Å².